The number of unbranched alkanes of at least 4 members (excludes halogenated alkanes) is 4. The van der Waals surface area contributed by atoms with Crippen LogP contribution < -0.4 is 9.47 Å². The van der Waals surface area contributed by atoms with E-state index in [2.05, 4.69) is 63.4 Å². The van der Waals surface area contributed by atoms with E-state index in [1.165, 1.54) is 11.1 Å². The fourth-order valence-corrected chi connectivity index (χ4v) is 3.82. The maximum absolute atomic E-state index is 6.39. The predicted octanol–water partition coefficient (Wildman–Crippen LogP) is 8.08. The van der Waals surface area contributed by atoms with Gasteiger partial charge in [-0.2, -0.15) is 0 Å². The first kappa shape index (κ1) is 22.0. The van der Waals surface area contributed by atoms with E-state index in [1.807, 2.05) is 12.2 Å². The number of allylic oxidation sites excluding steroid dienone is 2. The normalized spacial score (nSPS) is 11.0. The number of rotatable bonds is 12. The molecule has 0 amide bonds. The average molecular weight is 403 g/mol. The zero-order valence-corrected chi connectivity index (χ0v) is 18.5. The van der Waals surface area contributed by atoms with Crippen LogP contribution in [0.5, 0.6) is 11.5 Å². The zero-order valence-electron chi connectivity index (χ0n) is 18.5. The Morgan fingerprint density at radius 2 is 1.07 bits per heavy atom. The molecule has 0 spiro atoms. The van der Waals surface area contributed by atoms with Crippen molar-refractivity contribution in [3.05, 3.63) is 72.8 Å². The highest BCUT2D eigenvalue weighted by molar-refractivity contribution is 6.11. The summed E-state index contributed by atoms with van der Waals surface area (Å²) >= 11 is 0. The quantitative estimate of drug-likeness (QED) is 0.173. The molecule has 0 aliphatic rings. The SMILES string of the molecule is C=CCCCCOc1c2ccc(C)cc2c(OCCCCC=C)c2ccc(C)cc12. The van der Waals surface area contributed by atoms with Crippen LogP contribution >= 0.6 is 0 Å². The Hall–Kier alpha value is -2.74. The Labute approximate surface area is 181 Å². The van der Waals surface area contributed by atoms with E-state index in [0.717, 1.165) is 71.6 Å². The van der Waals surface area contributed by atoms with Crippen LogP contribution in [0.1, 0.15) is 49.7 Å². The second kappa shape index (κ2) is 10.9. The minimum atomic E-state index is 0.710. The number of hydrogen-bond acceptors (Lipinski definition) is 2. The Morgan fingerprint density at radius 3 is 1.47 bits per heavy atom. The molecule has 3 aromatic carbocycles. The van der Waals surface area contributed by atoms with Crippen molar-refractivity contribution in [3.63, 3.8) is 0 Å². The molecule has 0 saturated heterocycles. The summed E-state index contributed by atoms with van der Waals surface area (Å²) < 4.78 is 12.8. The van der Waals surface area contributed by atoms with Gasteiger partial charge in [0.2, 0.25) is 0 Å². The molecule has 0 N–H and O–H groups in total. The van der Waals surface area contributed by atoms with Gasteiger partial charge in [0.1, 0.15) is 11.5 Å². The molecule has 0 aliphatic carbocycles. The highest BCUT2D eigenvalue weighted by Gasteiger charge is 2.16. The Bertz CT molecular complexity index is 933. The van der Waals surface area contributed by atoms with Gasteiger partial charge in [0.05, 0.1) is 13.2 Å². The van der Waals surface area contributed by atoms with Crippen LogP contribution in [-0.2, 0) is 0 Å². The number of aryl methyl sites for hydroxylation is 2. The van der Waals surface area contributed by atoms with Gasteiger partial charge < -0.3 is 9.47 Å². The van der Waals surface area contributed by atoms with Gasteiger partial charge in [0, 0.05) is 21.5 Å². The monoisotopic (exact) mass is 402 g/mol. The molecule has 3 aromatic rings. The van der Waals surface area contributed by atoms with Crippen molar-refractivity contribution >= 4 is 21.5 Å². The third kappa shape index (κ3) is 5.24. The maximum Gasteiger partial charge on any atom is 0.135 e. The molecule has 158 valence electrons. The topological polar surface area (TPSA) is 18.5 Å². The maximum atomic E-state index is 6.39. The lowest BCUT2D eigenvalue weighted by Gasteiger charge is -2.19. The number of fused-ring (bicyclic) bond motifs is 2. The van der Waals surface area contributed by atoms with Crippen LogP contribution in [0.15, 0.2) is 61.7 Å². The molecule has 0 aliphatic heterocycles. The third-order valence-electron chi connectivity index (χ3n) is 5.43. The number of hydrogen-bond donors (Lipinski definition) is 0. The molecular weight excluding hydrogens is 368 g/mol. The Balaban J connectivity index is 2.03. The van der Waals surface area contributed by atoms with Crippen LogP contribution in [-0.4, -0.2) is 13.2 Å². The van der Waals surface area contributed by atoms with E-state index >= 15 is 0 Å². The van der Waals surface area contributed by atoms with Gasteiger partial charge >= 0.3 is 0 Å². The smallest absolute Gasteiger partial charge is 0.135 e. The van der Waals surface area contributed by atoms with Crippen molar-refractivity contribution in [2.45, 2.75) is 52.4 Å². The first-order valence-corrected chi connectivity index (χ1v) is 11.1. The minimum Gasteiger partial charge on any atom is -0.492 e. The van der Waals surface area contributed by atoms with Gasteiger partial charge in [-0.05, 0) is 64.5 Å². The predicted molar refractivity (Wildman–Crippen MR) is 130 cm³/mol. The second-order valence-electron chi connectivity index (χ2n) is 8.02. The largest absolute Gasteiger partial charge is 0.492 e. The molecule has 0 atom stereocenters. The van der Waals surface area contributed by atoms with Gasteiger partial charge in [0.15, 0.2) is 0 Å². The summed E-state index contributed by atoms with van der Waals surface area (Å²) in [7, 11) is 0. The molecule has 3 rings (SSSR count). The molecule has 2 heteroatoms. The molecule has 0 fully saturated rings. The molecule has 2 nitrogen and oxygen atoms in total. The van der Waals surface area contributed by atoms with Crippen molar-refractivity contribution < 1.29 is 9.47 Å². The molecule has 0 bridgehead atoms. The van der Waals surface area contributed by atoms with Gasteiger partial charge in [-0.25, -0.2) is 0 Å². The standard InChI is InChI=1S/C28H34O2/c1-5-7-9-11-17-29-27-23-15-13-22(4)20-26(23)28(30-18-12-10-8-6-2)24-16-14-21(3)19-25(24)27/h5-6,13-16,19-20H,1-2,7-12,17-18H2,3-4H3. The van der Waals surface area contributed by atoms with Crippen molar-refractivity contribution in [1.82, 2.24) is 0 Å². The summed E-state index contributed by atoms with van der Waals surface area (Å²) in [4.78, 5) is 0. The van der Waals surface area contributed by atoms with E-state index in [-0.39, 0.29) is 0 Å². The molecule has 30 heavy (non-hydrogen) atoms. The molecule has 0 heterocycles. The summed E-state index contributed by atoms with van der Waals surface area (Å²) in [5.41, 5.74) is 2.45. The van der Waals surface area contributed by atoms with E-state index < -0.39 is 0 Å². The van der Waals surface area contributed by atoms with Gasteiger partial charge in [0.25, 0.3) is 0 Å². The van der Waals surface area contributed by atoms with Crippen LogP contribution in [0.3, 0.4) is 0 Å². The first-order valence-electron chi connectivity index (χ1n) is 11.1. The van der Waals surface area contributed by atoms with Gasteiger partial charge in [-0.1, -0.05) is 47.5 Å². The van der Waals surface area contributed by atoms with E-state index in [9.17, 15) is 0 Å². The molecule has 0 unspecified atom stereocenters. The van der Waals surface area contributed by atoms with Crippen molar-refractivity contribution in [2.75, 3.05) is 13.2 Å². The van der Waals surface area contributed by atoms with Crippen LogP contribution in [0, 0.1) is 13.8 Å². The molecular formula is C28H34O2. The lowest BCUT2D eigenvalue weighted by molar-refractivity contribution is 0.309. The highest BCUT2D eigenvalue weighted by atomic mass is 16.5. The summed E-state index contributed by atoms with van der Waals surface area (Å²) in [6.07, 6.45) is 10.2. The molecule has 0 saturated carbocycles. The van der Waals surface area contributed by atoms with Crippen LogP contribution in [0.4, 0.5) is 0 Å². The van der Waals surface area contributed by atoms with Crippen molar-refractivity contribution in [2.24, 2.45) is 0 Å². The summed E-state index contributed by atoms with van der Waals surface area (Å²) in [6.45, 7) is 13.3. The number of benzene rings is 3. The second-order valence-corrected chi connectivity index (χ2v) is 8.02. The summed E-state index contributed by atoms with van der Waals surface area (Å²) in [5.74, 6) is 1.95. The number of ether oxygens (including phenoxy) is 2. The van der Waals surface area contributed by atoms with Gasteiger partial charge in [-0.3, -0.25) is 0 Å². The van der Waals surface area contributed by atoms with E-state index in [1.54, 1.807) is 0 Å². The summed E-state index contributed by atoms with van der Waals surface area (Å²) in [6, 6.07) is 13.1. The lowest BCUT2D eigenvalue weighted by atomic mass is 9.97. The van der Waals surface area contributed by atoms with E-state index in [0.29, 0.717) is 13.2 Å². The van der Waals surface area contributed by atoms with Gasteiger partial charge in [-0.15, -0.1) is 13.2 Å². The highest BCUT2D eigenvalue weighted by Crippen LogP contribution is 2.43. The zero-order chi connectivity index (χ0) is 21.3. The fourth-order valence-electron chi connectivity index (χ4n) is 3.82. The van der Waals surface area contributed by atoms with Crippen LogP contribution in [0.25, 0.3) is 21.5 Å². The lowest BCUT2D eigenvalue weighted by Crippen LogP contribution is -2.02. The Kier molecular flexibility index (Phi) is 7.96. The molecule has 0 aromatic heterocycles. The first-order chi connectivity index (χ1) is 14.7. The average Bonchev–Trinajstić information content (AvgIpc) is 2.74. The van der Waals surface area contributed by atoms with Crippen molar-refractivity contribution in [1.29, 1.82) is 0 Å². The Morgan fingerprint density at radius 1 is 0.633 bits per heavy atom. The van der Waals surface area contributed by atoms with E-state index in [4.69, 9.17) is 9.47 Å². The fraction of sp³-hybridized carbons (Fsp3) is 0.357. The summed E-state index contributed by atoms with van der Waals surface area (Å²) in [5, 5.41) is 4.53. The molecule has 0 radical (unpaired) electrons. The third-order valence-corrected chi connectivity index (χ3v) is 5.43. The van der Waals surface area contributed by atoms with Crippen molar-refractivity contribution in [3.8, 4) is 11.5 Å². The van der Waals surface area contributed by atoms with Crippen LogP contribution in [0.2, 0.25) is 0 Å². The minimum absolute atomic E-state index is 0.710.